The molecule has 0 spiro atoms. The normalized spacial score (nSPS) is 10.2. The number of halogens is 2. The molecule has 0 aliphatic rings. The summed E-state index contributed by atoms with van der Waals surface area (Å²) in [6.45, 7) is 0.396. The zero-order valence-electron chi connectivity index (χ0n) is 12.7. The van der Waals surface area contributed by atoms with Crippen LogP contribution in [0.5, 0.6) is 5.75 Å². The van der Waals surface area contributed by atoms with Crippen LogP contribution in [0.15, 0.2) is 66.7 Å². The van der Waals surface area contributed by atoms with Crippen molar-refractivity contribution in [2.75, 3.05) is 0 Å². The average molecular weight is 354 g/mol. The zero-order chi connectivity index (χ0) is 16.9. The highest BCUT2D eigenvalue weighted by Crippen LogP contribution is 2.33. The van der Waals surface area contributed by atoms with Crippen molar-refractivity contribution in [3.8, 4) is 22.9 Å². The first-order valence-corrected chi connectivity index (χ1v) is 8.09. The molecule has 0 radical (unpaired) electrons. The molecule has 0 bridgehead atoms. The lowest BCUT2D eigenvalue weighted by Gasteiger charge is -2.11. The van der Waals surface area contributed by atoms with Gasteiger partial charge in [0, 0.05) is 15.6 Å². The Morgan fingerprint density at radius 2 is 1.71 bits per heavy atom. The molecule has 0 aliphatic carbocycles. The maximum atomic E-state index is 9.29. The van der Waals surface area contributed by atoms with Crippen LogP contribution in [-0.4, -0.2) is 0 Å². The summed E-state index contributed by atoms with van der Waals surface area (Å²) in [6.07, 6.45) is 0. The summed E-state index contributed by atoms with van der Waals surface area (Å²) in [7, 11) is 0. The Hall–Kier alpha value is -2.47. The summed E-state index contributed by atoms with van der Waals surface area (Å²) in [6, 6.07) is 22.7. The number of nitrogens with zero attached hydrogens (tertiary/aromatic N) is 1. The topological polar surface area (TPSA) is 33.0 Å². The average Bonchev–Trinajstić information content (AvgIpc) is 2.60. The molecule has 24 heavy (non-hydrogen) atoms. The predicted molar refractivity (Wildman–Crippen MR) is 97.4 cm³/mol. The molecule has 4 heteroatoms. The molecule has 3 aromatic carbocycles. The summed E-state index contributed by atoms with van der Waals surface area (Å²) < 4.78 is 5.85. The Balaban J connectivity index is 1.92. The quantitative estimate of drug-likeness (QED) is 0.566. The van der Waals surface area contributed by atoms with Crippen LogP contribution in [-0.2, 0) is 6.61 Å². The van der Waals surface area contributed by atoms with Gasteiger partial charge in [-0.2, -0.15) is 5.26 Å². The third-order valence-electron chi connectivity index (χ3n) is 3.58. The van der Waals surface area contributed by atoms with E-state index in [4.69, 9.17) is 27.9 Å². The van der Waals surface area contributed by atoms with Crippen molar-refractivity contribution in [1.82, 2.24) is 0 Å². The number of nitriles is 1. The molecule has 0 saturated heterocycles. The molecule has 0 aliphatic heterocycles. The molecule has 118 valence electrons. The van der Waals surface area contributed by atoms with Crippen LogP contribution in [0.1, 0.15) is 11.1 Å². The molecule has 0 unspecified atom stereocenters. The molecular formula is C20H13Cl2NO. The Morgan fingerprint density at radius 1 is 0.917 bits per heavy atom. The molecule has 0 amide bonds. The van der Waals surface area contributed by atoms with E-state index in [-0.39, 0.29) is 0 Å². The molecule has 0 fully saturated rings. The second-order valence-electron chi connectivity index (χ2n) is 5.22. The van der Waals surface area contributed by atoms with E-state index >= 15 is 0 Å². The third-order valence-corrected chi connectivity index (χ3v) is 4.13. The van der Waals surface area contributed by atoms with Gasteiger partial charge in [0.15, 0.2) is 0 Å². The minimum atomic E-state index is 0.396. The highest BCUT2D eigenvalue weighted by Gasteiger charge is 2.10. The Kier molecular flexibility index (Phi) is 5.05. The van der Waals surface area contributed by atoms with Gasteiger partial charge in [-0.15, -0.1) is 0 Å². The molecule has 0 atom stereocenters. The number of benzene rings is 3. The third kappa shape index (κ3) is 3.71. The summed E-state index contributed by atoms with van der Waals surface area (Å²) in [5.41, 5.74) is 3.24. The van der Waals surface area contributed by atoms with E-state index < -0.39 is 0 Å². The second kappa shape index (κ2) is 7.40. The van der Waals surface area contributed by atoms with Crippen LogP contribution in [0.4, 0.5) is 0 Å². The molecule has 0 saturated carbocycles. The Bertz CT molecular complexity index is 901. The van der Waals surface area contributed by atoms with Gasteiger partial charge in [-0.3, -0.25) is 0 Å². The van der Waals surface area contributed by atoms with Gasteiger partial charge < -0.3 is 4.74 Å². The fourth-order valence-corrected chi connectivity index (χ4v) is 2.88. The molecule has 2 nitrogen and oxygen atoms in total. The van der Waals surface area contributed by atoms with E-state index in [2.05, 4.69) is 6.07 Å². The van der Waals surface area contributed by atoms with Crippen LogP contribution in [0.25, 0.3) is 11.1 Å². The fourth-order valence-electron chi connectivity index (χ4n) is 2.36. The van der Waals surface area contributed by atoms with Crippen molar-refractivity contribution in [1.29, 1.82) is 5.26 Å². The summed E-state index contributed by atoms with van der Waals surface area (Å²) in [5.74, 6) is 0.532. The van der Waals surface area contributed by atoms with Crippen LogP contribution in [0.3, 0.4) is 0 Å². The second-order valence-corrected chi connectivity index (χ2v) is 6.06. The molecule has 0 aromatic heterocycles. The summed E-state index contributed by atoms with van der Waals surface area (Å²) in [4.78, 5) is 0. The molecular weight excluding hydrogens is 341 g/mol. The maximum Gasteiger partial charge on any atom is 0.138 e. The van der Waals surface area contributed by atoms with Gasteiger partial charge >= 0.3 is 0 Å². The number of ether oxygens (including phenoxy) is 1. The van der Waals surface area contributed by atoms with Gasteiger partial charge in [-0.05, 0) is 35.4 Å². The van der Waals surface area contributed by atoms with Crippen molar-refractivity contribution in [3.63, 3.8) is 0 Å². The summed E-state index contributed by atoms with van der Waals surface area (Å²) >= 11 is 12.2. The van der Waals surface area contributed by atoms with Gasteiger partial charge in [0.2, 0.25) is 0 Å². The zero-order valence-corrected chi connectivity index (χ0v) is 14.2. The van der Waals surface area contributed by atoms with Gasteiger partial charge in [-0.25, -0.2) is 0 Å². The van der Waals surface area contributed by atoms with Crippen molar-refractivity contribution in [3.05, 3.63) is 87.9 Å². The first-order chi connectivity index (χ1) is 11.7. The highest BCUT2D eigenvalue weighted by molar-refractivity contribution is 6.36. The highest BCUT2D eigenvalue weighted by atomic mass is 35.5. The number of rotatable bonds is 4. The lowest BCUT2D eigenvalue weighted by Crippen LogP contribution is -1.97. The number of hydrogen-bond donors (Lipinski definition) is 0. The first kappa shape index (κ1) is 16.4. The van der Waals surface area contributed by atoms with Gasteiger partial charge in [-0.1, -0.05) is 65.7 Å². The predicted octanol–water partition coefficient (Wildman–Crippen LogP) is 6.11. The Morgan fingerprint density at radius 3 is 2.42 bits per heavy atom. The van der Waals surface area contributed by atoms with Crippen molar-refractivity contribution in [2.45, 2.75) is 6.61 Å². The fraction of sp³-hybridized carbons (Fsp3) is 0.0500. The van der Waals surface area contributed by atoms with Crippen molar-refractivity contribution in [2.24, 2.45) is 0 Å². The van der Waals surface area contributed by atoms with Gasteiger partial charge in [0.05, 0.1) is 5.56 Å². The molecule has 3 rings (SSSR count). The van der Waals surface area contributed by atoms with Crippen LogP contribution in [0, 0.1) is 11.3 Å². The molecule has 0 heterocycles. The van der Waals surface area contributed by atoms with E-state index in [9.17, 15) is 5.26 Å². The SMILES string of the molecule is N#Cc1ccc(-c2ccc(Cl)cc2Cl)cc1OCc1ccccc1. The van der Waals surface area contributed by atoms with E-state index in [1.807, 2.05) is 48.5 Å². The van der Waals surface area contributed by atoms with Crippen molar-refractivity contribution >= 4 is 23.2 Å². The largest absolute Gasteiger partial charge is 0.488 e. The van der Waals surface area contributed by atoms with E-state index in [1.54, 1.807) is 18.2 Å². The van der Waals surface area contributed by atoms with E-state index in [0.29, 0.717) is 28.0 Å². The standard InChI is InChI=1S/C20H13Cl2NO/c21-17-8-9-18(19(22)11-17)15-6-7-16(12-23)20(10-15)24-13-14-4-2-1-3-5-14/h1-11H,13H2. The van der Waals surface area contributed by atoms with Crippen LogP contribution >= 0.6 is 23.2 Å². The minimum absolute atomic E-state index is 0.396. The maximum absolute atomic E-state index is 9.29. The lowest BCUT2D eigenvalue weighted by molar-refractivity contribution is 0.305. The van der Waals surface area contributed by atoms with Crippen molar-refractivity contribution < 1.29 is 4.74 Å². The smallest absolute Gasteiger partial charge is 0.138 e. The van der Waals surface area contributed by atoms with Gasteiger partial charge in [0.25, 0.3) is 0 Å². The number of hydrogen-bond acceptors (Lipinski definition) is 2. The minimum Gasteiger partial charge on any atom is -0.488 e. The Labute approximate surface area is 150 Å². The molecule has 3 aromatic rings. The summed E-state index contributed by atoms with van der Waals surface area (Å²) in [5, 5.41) is 10.4. The lowest BCUT2D eigenvalue weighted by atomic mass is 10.0. The monoisotopic (exact) mass is 353 g/mol. The van der Waals surface area contributed by atoms with Gasteiger partial charge in [0.1, 0.15) is 18.4 Å². The molecule has 0 N–H and O–H groups in total. The van der Waals surface area contributed by atoms with Crippen LogP contribution in [0.2, 0.25) is 10.0 Å². The van der Waals surface area contributed by atoms with E-state index in [0.717, 1.165) is 16.7 Å². The van der Waals surface area contributed by atoms with E-state index in [1.165, 1.54) is 0 Å². The van der Waals surface area contributed by atoms with Crippen LogP contribution < -0.4 is 4.74 Å². The first-order valence-electron chi connectivity index (χ1n) is 7.33.